The molecular formula is C17H20N2S. The second kappa shape index (κ2) is 6.42. The number of rotatable bonds is 4. The molecule has 1 fully saturated rings. The van der Waals surface area contributed by atoms with Crippen molar-refractivity contribution < 1.29 is 0 Å². The van der Waals surface area contributed by atoms with Crippen LogP contribution in [0.1, 0.15) is 30.0 Å². The summed E-state index contributed by atoms with van der Waals surface area (Å²) in [6, 6.07) is 15.7. The average Bonchev–Trinajstić information content (AvgIpc) is 2.96. The highest BCUT2D eigenvalue weighted by Gasteiger charge is 2.26. The maximum atomic E-state index is 4.52. The van der Waals surface area contributed by atoms with Gasteiger partial charge in [0.1, 0.15) is 0 Å². The van der Waals surface area contributed by atoms with Gasteiger partial charge in [-0.2, -0.15) is 0 Å². The van der Waals surface area contributed by atoms with Crippen LogP contribution in [0.15, 0.2) is 53.7 Å². The maximum absolute atomic E-state index is 4.52. The van der Waals surface area contributed by atoms with Gasteiger partial charge in [0.2, 0.25) is 0 Å². The normalized spacial score (nSPS) is 19.4. The lowest BCUT2D eigenvalue weighted by Gasteiger charge is -2.24. The number of likely N-dealkylation sites (tertiary alicyclic amines) is 1. The van der Waals surface area contributed by atoms with E-state index >= 15 is 0 Å². The Hall–Kier alpha value is -1.32. The first-order valence-electron chi connectivity index (χ1n) is 7.15. The second-order valence-corrected chi connectivity index (χ2v) is 6.07. The van der Waals surface area contributed by atoms with E-state index in [1.807, 2.05) is 0 Å². The van der Waals surface area contributed by atoms with Crippen molar-refractivity contribution in [2.75, 3.05) is 12.8 Å². The first-order chi connectivity index (χ1) is 9.86. The summed E-state index contributed by atoms with van der Waals surface area (Å²) in [6.45, 7) is 2.22. The summed E-state index contributed by atoms with van der Waals surface area (Å²) in [5, 5.41) is 1.10. The molecule has 1 aliphatic heterocycles. The van der Waals surface area contributed by atoms with E-state index in [-0.39, 0.29) is 0 Å². The standard InChI is InChI=1S/C17H20N2S/c1-20-17-10-9-15(12-18-17)16-8-5-11-19(16)13-14-6-3-2-4-7-14/h2-4,6-7,9-10,12,16H,5,8,11,13H2,1H3/t16-/m1/s1. The predicted octanol–water partition coefficient (Wildman–Crippen LogP) is 4.14. The van der Waals surface area contributed by atoms with Crippen LogP contribution in [0.4, 0.5) is 0 Å². The van der Waals surface area contributed by atoms with Crippen LogP contribution < -0.4 is 0 Å². The van der Waals surface area contributed by atoms with Gasteiger partial charge in [-0.05, 0) is 42.8 Å². The number of pyridine rings is 1. The van der Waals surface area contributed by atoms with Crippen molar-refractivity contribution >= 4 is 11.8 Å². The first-order valence-corrected chi connectivity index (χ1v) is 8.37. The predicted molar refractivity (Wildman–Crippen MR) is 84.8 cm³/mol. The molecule has 0 bridgehead atoms. The van der Waals surface area contributed by atoms with Crippen molar-refractivity contribution in [1.29, 1.82) is 0 Å². The van der Waals surface area contributed by atoms with Gasteiger partial charge in [0.15, 0.2) is 0 Å². The molecule has 1 aromatic carbocycles. The van der Waals surface area contributed by atoms with Gasteiger partial charge in [-0.15, -0.1) is 11.8 Å². The molecule has 1 aromatic heterocycles. The fourth-order valence-electron chi connectivity index (χ4n) is 2.92. The van der Waals surface area contributed by atoms with E-state index in [2.05, 4.69) is 64.8 Å². The number of benzene rings is 1. The minimum Gasteiger partial charge on any atom is -0.292 e. The fourth-order valence-corrected chi connectivity index (χ4v) is 3.28. The largest absolute Gasteiger partial charge is 0.292 e. The Balaban J connectivity index is 1.74. The molecular weight excluding hydrogens is 264 g/mol. The SMILES string of the molecule is CSc1ccc([C@H]2CCCN2Cc2ccccc2)cn1. The lowest BCUT2D eigenvalue weighted by molar-refractivity contribution is 0.248. The summed E-state index contributed by atoms with van der Waals surface area (Å²) >= 11 is 1.70. The van der Waals surface area contributed by atoms with Gasteiger partial charge in [-0.25, -0.2) is 4.98 Å². The molecule has 2 aromatic rings. The molecule has 0 radical (unpaired) electrons. The monoisotopic (exact) mass is 284 g/mol. The molecule has 0 amide bonds. The van der Waals surface area contributed by atoms with Crippen molar-refractivity contribution in [2.45, 2.75) is 30.5 Å². The number of thioether (sulfide) groups is 1. The molecule has 2 heterocycles. The van der Waals surface area contributed by atoms with Crippen molar-refractivity contribution in [3.63, 3.8) is 0 Å². The van der Waals surface area contributed by atoms with Crippen LogP contribution >= 0.6 is 11.8 Å². The molecule has 0 N–H and O–H groups in total. The number of hydrogen-bond donors (Lipinski definition) is 0. The number of aromatic nitrogens is 1. The van der Waals surface area contributed by atoms with Crippen LogP contribution in [0.3, 0.4) is 0 Å². The van der Waals surface area contributed by atoms with Crippen LogP contribution in [0.5, 0.6) is 0 Å². The van der Waals surface area contributed by atoms with E-state index in [0.29, 0.717) is 6.04 Å². The molecule has 0 spiro atoms. The molecule has 0 unspecified atom stereocenters. The van der Waals surface area contributed by atoms with Gasteiger partial charge >= 0.3 is 0 Å². The third-order valence-corrected chi connectivity index (χ3v) is 4.61. The van der Waals surface area contributed by atoms with E-state index < -0.39 is 0 Å². The summed E-state index contributed by atoms with van der Waals surface area (Å²) in [4.78, 5) is 7.09. The van der Waals surface area contributed by atoms with Gasteiger partial charge in [0.05, 0.1) is 5.03 Å². The molecule has 104 valence electrons. The van der Waals surface area contributed by atoms with Crippen molar-refractivity contribution in [3.8, 4) is 0 Å². The topological polar surface area (TPSA) is 16.1 Å². The highest BCUT2D eigenvalue weighted by atomic mass is 32.2. The molecule has 1 atom stereocenters. The van der Waals surface area contributed by atoms with Crippen LogP contribution in [0.2, 0.25) is 0 Å². The Kier molecular flexibility index (Phi) is 4.38. The Bertz CT molecular complexity index is 539. The van der Waals surface area contributed by atoms with E-state index in [0.717, 1.165) is 11.6 Å². The minimum atomic E-state index is 0.526. The van der Waals surface area contributed by atoms with Crippen LogP contribution in [-0.2, 0) is 6.54 Å². The van der Waals surface area contributed by atoms with Gasteiger partial charge in [-0.3, -0.25) is 4.90 Å². The molecule has 1 saturated heterocycles. The molecule has 0 aliphatic carbocycles. The number of nitrogens with zero attached hydrogens (tertiary/aromatic N) is 2. The van der Waals surface area contributed by atoms with Gasteiger partial charge < -0.3 is 0 Å². The molecule has 20 heavy (non-hydrogen) atoms. The molecule has 3 rings (SSSR count). The van der Waals surface area contributed by atoms with Crippen LogP contribution in [-0.4, -0.2) is 22.7 Å². The zero-order valence-electron chi connectivity index (χ0n) is 11.8. The van der Waals surface area contributed by atoms with Crippen LogP contribution in [0, 0.1) is 0 Å². The smallest absolute Gasteiger partial charge is 0.0957 e. The lowest BCUT2D eigenvalue weighted by Crippen LogP contribution is -2.22. The van der Waals surface area contributed by atoms with Gasteiger partial charge in [0.25, 0.3) is 0 Å². The van der Waals surface area contributed by atoms with E-state index in [1.165, 1.54) is 30.5 Å². The van der Waals surface area contributed by atoms with E-state index in [9.17, 15) is 0 Å². The Morgan fingerprint density at radius 1 is 1.20 bits per heavy atom. The zero-order chi connectivity index (χ0) is 13.8. The highest BCUT2D eigenvalue weighted by molar-refractivity contribution is 7.98. The fraction of sp³-hybridized carbons (Fsp3) is 0.353. The summed E-state index contributed by atoms with van der Waals surface area (Å²) in [5.74, 6) is 0. The Morgan fingerprint density at radius 2 is 2.05 bits per heavy atom. The molecule has 0 saturated carbocycles. The second-order valence-electron chi connectivity index (χ2n) is 5.25. The zero-order valence-corrected chi connectivity index (χ0v) is 12.6. The third kappa shape index (κ3) is 3.05. The van der Waals surface area contributed by atoms with Crippen molar-refractivity contribution in [2.24, 2.45) is 0 Å². The Labute approximate surface area is 125 Å². The van der Waals surface area contributed by atoms with E-state index in [1.54, 1.807) is 11.8 Å². The van der Waals surface area contributed by atoms with Crippen molar-refractivity contribution in [1.82, 2.24) is 9.88 Å². The minimum absolute atomic E-state index is 0.526. The van der Waals surface area contributed by atoms with Gasteiger partial charge in [0, 0.05) is 18.8 Å². The Morgan fingerprint density at radius 3 is 2.75 bits per heavy atom. The highest BCUT2D eigenvalue weighted by Crippen LogP contribution is 2.33. The summed E-state index contributed by atoms with van der Waals surface area (Å²) in [7, 11) is 0. The average molecular weight is 284 g/mol. The van der Waals surface area contributed by atoms with Crippen LogP contribution in [0.25, 0.3) is 0 Å². The molecule has 1 aliphatic rings. The van der Waals surface area contributed by atoms with E-state index in [4.69, 9.17) is 0 Å². The van der Waals surface area contributed by atoms with Crippen molar-refractivity contribution in [3.05, 3.63) is 59.8 Å². The number of hydrogen-bond acceptors (Lipinski definition) is 3. The molecule has 3 heteroatoms. The summed E-state index contributed by atoms with van der Waals surface area (Å²) in [6.07, 6.45) is 6.65. The van der Waals surface area contributed by atoms with Gasteiger partial charge in [-0.1, -0.05) is 36.4 Å². The molecule has 2 nitrogen and oxygen atoms in total. The maximum Gasteiger partial charge on any atom is 0.0957 e. The first kappa shape index (κ1) is 13.7. The quantitative estimate of drug-likeness (QED) is 0.785. The summed E-state index contributed by atoms with van der Waals surface area (Å²) < 4.78 is 0. The summed E-state index contributed by atoms with van der Waals surface area (Å²) in [5.41, 5.74) is 2.75. The lowest BCUT2D eigenvalue weighted by atomic mass is 10.1. The third-order valence-electron chi connectivity index (χ3n) is 3.95.